The topological polar surface area (TPSA) is 65.4 Å². The van der Waals surface area contributed by atoms with Gasteiger partial charge in [-0.25, -0.2) is 0 Å². The third kappa shape index (κ3) is 7.06. The molecule has 0 saturated carbocycles. The van der Waals surface area contributed by atoms with Gasteiger partial charge in [0.1, 0.15) is 5.75 Å². The highest BCUT2D eigenvalue weighted by Crippen LogP contribution is 2.11. The highest BCUT2D eigenvalue weighted by Gasteiger charge is 2.04. The molecule has 5 heteroatoms. The molecule has 0 spiro atoms. The third-order valence-electron chi connectivity index (χ3n) is 3.69. The van der Waals surface area contributed by atoms with E-state index in [4.69, 9.17) is 10.00 Å². The van der Waals surface area contributed by atoms with E-state index in [1.807, 2.05) is 24.3 Å². The zero-order chi connectivity index (χ0) is 17.9. The van der Waals surface area contributed by atoms with Crippen molar-refractivity contribution in [3.63, 3.8) is 0 Å². The predicted octanol–water partition coefficient (Wildman–Crippen LogP) is 2.58. The summed E-state index contributed by atoms with van der Waals surface area (Å²) in [5, 5.41) is 11.6. The second kappa shape index (κ2) is 10.1. The van der Waals surface area contributed by atoms with Crippen LogP contribution in [0.25, 0.3) is 0 Å². The van der Waals surface area contributed by atoms with E-state index >= 15 is 0 Å². The van der Waals surface area contributed by atoms with Gasteiger partial charge in [0.15, 0.2) is 6.61 Å². The van der Waals surface area contributed by atoms with Crippen molar-refractivity contribution in [2.24, 2.45) is 0 Å². The van der Waals surface area contributed by atoms with Crippen LogP contribution in [0.1, 0.15) is 17.5 Å². The minimum Gasteiger partial charge on any atom is -0.484 e. The fraction of sp³-hybridized carbons (Fsp3) is 0.300. The molecule has 0 unspecified atom stereocenters. The molecule has 0 bridgehead atoms. The lowest BCUT2D eigenvalue weighted by Gasteiger charge is -2.16. The fourth-order valence-corrected chi connectivity index (χ4v) is 2.38. The molecule has 1 N–H and O–H groups in total. The Labute approximate surface area is 148 Å². The van der Waals surface area contributed by atoms with Crippen LogP contribution < -0.4 is 10.1 Å². The van der Waals surface area contributed by atoms with Crippen LogP contribution in [0.4, 0.5) is 0 Å². The number of carbonyl (C=O) groups is 1. The Bertz CT molecular complexity index is 693. The van der Waals surface area contributed by atoms with Crippen LogP contribution in [0.2, 0.25) is 0 Å². The van der Waals surface area contributed by atoms with Crippen LogP contribution in [0.15, 0.2) is 54.6 Å². The summed E-state index contributed by atoms with van der Waals surface area (Å²) in [4.78, 5) is 14.0. The lowest BCUT2D eigenvalue weighted by molar-refractivity contribution is -0.123. The molecule has 0 aromatic heterocycles. The van der Waals surface area contributed by atoms with E-state index in [2.05, 4.69) is 29.4 Å². The van der Waals surface area contributed by atoms with E-state index in [-0.39, 0.29) is 12.5 Å². The van der Waals surface area contributed by atoms with Crippen LogP contribution >= 0.6 is 0 Å². The van der Waals surface area contributed by atoms with Gasteiger partial charge in [-0.3, -0.25) is 4.79 Å². The van der Waals surface area contributed by atoms with Crippen molar-refractivity contribution in [3.05, 3.63) is 65.7 Å². The summed E-state index contributed by atoms with van der Waals surface area (Å²) in [7, 11) is 2.07. The number of ether oxygens (including phenoxy) is 1. The van der Waals surface area contributed by atoms with Crippen molar-refractivity contribution in [2.45, 2.75) is 13.0 Å². The molecule has 5 nitrogen and oxygen atoms in total. The molecular weight excluding hydrogens is 314 g/mol. The molecule has 0 aliphatic heterocycles. The largest absolute Gasteiger partial charge is 0.484 e. The first-order valence-electron chi connectivity index (χ1n) is 8.29. The number of hydrogen-bond acceptors (Lipinski definition) is 4. The minimum absolute atomic E-state index is 0.0221. The second-order valence-electron chi connectivity index (χ2n) is 5.85. The molecule has 0 fully saturated rings. The van der Waals surface area contributed by atoms with E-state index in [0.29, 0.717) is 17.9 Å². The van der Waals surface area contributed by atoms with Crippen LogP contribution in [-0.2, 0) is 11.3 Å². The quantitative estimate of drug-likeness (QED) is 0.714. The number of nitrogens with zero attached hydrogens (tertiary/aromatic N) is 2. The molecule has 1 amide bonds. The zero-order valence-electron chi connectivity index (χ0n) is 14.4. The van der Waals surface area contributed by atoms with Crippen LogP contribution in [0, 0.1) is 11.3 Å². The van der Waals surface area contributed by atoms with Gasteiger partial charge in [-0.1, -0.05) is 30.3 Å². The first-order valence-corrected chi connectivity index (χ1v) is 8.29. The molecule has 2 aromatic rings. The summed E-state index contributed by atoms with van der Waals surface area (Å²) in [6.07, 6.45) is 0.881. The smallest absolute Gasteiger partial charge is 0.257 e. The minimum atomic E-state index is -0.143. The van der Waals surface area contributed by atoms with Gasteiger partial charge in [0, 0.05) is 13.1 Å². The summed E-state index contributed by atoms with van der Waals surface area (Å²) >= 11 is 0. The van der Waals surface area contributed by atoms with Gasteiger partial charge in [0.2, 0.25) is 0 Å². The average molecular weight is 337 g/mol. The van der Waals surface area contributed by atoms with Crippen LogP contribution in [0.5, 0.6) is 5.75 Å². The molecule has 2 aromatic carbocycles. The van der Waals surface area contributed by atoms with Gasteiger partial charge in [0.05, 0.1) is 11.6 Å². The molecule has 0 saturated heterocycles. The van der Waals surface area contributed by atoms with Crippen molar-refractivity contribution >= 4 is 5.91 Å². The number of amides is 1. The van der Waals surface area contributed by atoms with Gasteiger partial charge in [-0.05, 0) is 49.8 Å². The van der Waals surface area contributed by atoms with Gasteiger partial charge < -0.3 is 15.0 Å². The predicted molar refractivity (Wildman–Crippen MR) is 97.1 cm³/mol. The summed E-state index contributed by atoms with van der Waals surface area (Å²) in [5.41, 5.74) is 1.85. The Morgan fingerprint density at radius 3 is 2.56 bits per heavy atom. The van der Waals surface area contributed by atoms with Crippen molar-refractivity contribution in [1.82, 2.24) is 10.2 Å². The molecule has 25 heavy (non-hydrogen) atoms. The molecule has 0 aliphatic rings. The Morgan fingerprint density at radius 1 is 1.16 bits per heavy atom. The number of hydrogen-bond donors (Lipinski definition) is 1. The Morgan fingerprint density at radius 2 is 1.88 bits per heavy atom. The van der Waals surface area contributed by atoms with Gasteiger partial charge in [0.25, 0.3) is 5.91 Å². The molecule has 2 rings (SSSR count). The van der Waals surface area contributed by atoms with E-state index in [1.54, 1.807) is 24.3 Å². The summed E-state index contributed by atoms with van der Waals surface area (Å²) in [6, 6.07) is 19.0. The van der Waals surface area contributed by atoms with E-state index in [9.17, 15) is 4.79 Å². The first-order chi connectivity index (χ1) is 12.2. The molecule has 0 aliphatic carbocycles. The fourth-order valence-electron chi connectivity index (χ4n) is 2.38. The van der Waals surface area contributed by atoms with Crippen molar-refractivity contribution in [2.75, 3.05) is 26.7 Å². The average Bonchev–Trinajstić information content (AvgIpc) is 2.65. The maximum absolute atomic E-state index is 11.8. The summed E-state index contributed by atoms with van der Waals surface area (Å²) in [6.45, 7) is 2.41. The van der Waals surface area contributed by atoms with Crippen LogP contribution in [-0.4, -0.2) is 37.6 Å². The van der Waals surface area contributed by atoms with Crippen LogP contribution in [0.3, 0.4) is 0 Å². The normalized spacial score (nSPS) is 10.3. The highest BCUT2D eigenvalue weighted by atomic mass is 16.5. The second-order valence-corrected chi connectivity index (χ2v) is 5.85. The molecule has 130 valence electrons. The lowest BCUT2D eigenvalue weighted by atomic mass is 10.2. The Hall–Kier alpha value is -2.84. The molecule has 0 heterocycles. The van der Waals surface area contributed by atoms with E-state index in [0.717, 1.165) is 19.5 Å². The Balaban J connectivity index is 1.58. The van der Waals surface area contributed by atoms with Crippen molar-refractivity contribution < 1.29 is 9.53 Å². The first kappa shape index (κ1) is 18.5. The van der Waals surface area contributed by atoms with Crippen molar-refractivity contribution in [3.8, 4) is 11.8 Å². The van der Waals surface area contributed by atoms with Gasteiger partial charge >= 0.3 is 0 Å². The van der Waals surface area contributed by atoms with E-state index < -0.39 is 0 Å². The molecule has 0 radical (unpaired) electrons. The lowest BCUT2D eigenvalue weighted by Crippen LogP contribution is -2.31. The molecular formula is C20H23N3O2. The van der Waals surface area contributed by atoms with E-state index in [1.165, 1.54) is 5.56 Å². The monoisotopic (exact) mass is 337 g/mol. The SMILES string of the molecule is CN(CCCNC(=O)COc1ccc(C#N)cc1)Cc1ccccc1. The van der Waals surface area contributed by atoms with Gasteiger partial charge in [-0.15, -0.1) is 0 Å². The maximum Gasteiger partial charge on any atom is 0.257 e. The Kier molecular flexibility index (Phi) is 7.48. The number of nitriles is 1. The number of rotatable bonds is 9. The standard InChI is InChI=1S/C20H23N3O2/c1-23(15-18-6-3-2-4-7-18)13-5-12-22-20(24)16-25-19-10-8-17(14-21)9-11-19/h2-4,6-11H,5,12-13,15-16H2,1H3,(H,22,24). The summed E-state index contributed by atoms with van der Waals surface area (Å²) < 4.78 is 5.39. The zero-order valence-corrected chi connectivity index (χ0v) is 14.4. The number of benzene rings is 2. The van der Waals surface area contributed by atoms with Crippen molar-refractivity contribution in [1.29, 1.82) is 5.26 Å². The third-order valence-corrected chi connectivity index (χ3v) is 3.69. The molecule has 0 atom stereocenters. The van der Waals surface area contributed by atoms with Gasteiger partial charge in [-0.2, -0.15) is 5.26 Å². The number of carbonyl (C=O) groups excluding carboxylic acids is 1. The highest BCUT2D eigenvalue weighted by molar-refractivity contribution is 5.77. The summed E-state index contributed by atoms with van der Waals surface area (Å²) in [5.74, 6) is 0.437. The number of nitrogens with one attached hydrogen (secondary N) is 1. The maximum atomic E-state index is 11.8.